The Hall–Kier alpha value is -1.97. The van der Waals surface area contributed by atoms with E-state index in [4.69, 9.17) is 4.74 Å². The van der Waals surface area contributed by atoms with Crippen molar-refractivity contribution in [1.82, 2.24) is 5.32 Å². The van der Waals surface area contributed by atoms with Gasteiger partial charge in [0.2, 0.25) is 5.91 Å². The molecule has 0 aliphatic carbocycles. The number of carbonyl (C=O) groups is 1. The summed E-state index contributed by atoms with van der Waals surface area (Å²) in [5.41, 5.74) is 0.945. The number of rotatable bonds is 7. The number of ether oxygens (including phenoxy) is 1. The molecule has 2 N–H and O–H groups in total. The molecular weight excluding hydrogens is 216 g/mol. The zero-order valence-corrected chi connectivity index (χ0v) is 10.0. The van der Waals surface area contributed by atoms with Crippen LogP contribution in [0.25, 0.3) is 0 Å². The van der Waals surface area contributed by atoms with Crippen LogP contribution in [0.2, 0.25) is 0 Å². The van der Waals surface area contributed by atoms with Gasteiger partial charge in [-0.15, -0.1) is 6.58 Å². The monoisotopic (exact) mass is 234 g/mol. The van der Waals surface area contributed by atoms with Crippen LogP contribution >= 0.6 is 0 Å². The molecule has 0 saturated carbocycles. The maximum atomic E-state index is 11.3. The summed E-state index contributed by atoms with van der Waals surface area (Å²) in [6, 6.07) is 7.60. The average molecular weight is 234 g/mol. The molecular formula is C13H18N2O2. The summed E-state index contributed by atoms with van der Waals surface area (Å²) in [7, 11) is 1.63. The first kappa shape index (κ1) is 13.1. The van der Waals surface area contributed by atoms with E-state index in [1.807, 2.05) is 24.3 Å². The van der Waals surface area contributed by atoms with Crippen LogP contribution < -0.4 is 15.4 Å². The molecule has 92 valence electrons. The minimum atomic E-state index is 0.0142. The van der Waals surface area contributed by atoms with Crippen LogP contribution in [0.4, 0.5) is 5.69 Å². The summed E-state index contributed by atoms with van der Waals surface area (Å²) < 4.78 is 5.11. The van der Waals surface area contributed by atoms with Crippen LogP contribution in [0, 0.1) is 0 Å². The van der Waals surface area contributed by atoms with Gasteiger partial charge in [0.15, 0.2) is 0 Å². The number of hydrogen-bond acceptors (Lipinski definition) is 3. The first-order valence-electron chi connectivity index (χ1n) is 5.52. The van der Waals surface area contributed by atoms with Gasteiger partial charge in [-0.3, -0.25) is 4.79 Å². The number of anilines is 1. The summed E-state index contributed by atoms with van der Waals surface area (Å²) in [5, 5.41) is 5.88. The quantitative estimate of drug-likeness (QED) is 0.707. The van der Waals surface area contributed by atoms with Crippen molar-refractivity contribution in [2.75, 3.05) is 25.5 Å². The van der Waals surface area contributed by atoms with E-state index in [2.05, 4.69) is 17.2 Å². The second kappa shape index (κ2) is 7.33. The van der Waals surface area contributed by atoms with Crippen LogP contribution in [-0.4, -0.2) is 26.1 Å². The van der Waals surface area contributed by atoms with Crippen molar-refractivity contribution in [3.8, 4) is 5.75 Å². The smallest absolute Gasteiger partial charge is 0.222 e. The molecule has 0 radical (unpaired) electrons. The topological polar surface area (TPSA) is 50.4 Å². The largest absolute Gasteiger partial charge is 0.497 e. The Kier molecular flexibility index (Phi) is 5.64. The molecule has 0 spiro atoms. The molecule has 0 aromatic heterocycles. The van der Waals surface area contributed by atoms with Crippen molar-refractivity contribution in [3.63, 3.8) is 0 Å². The Morgan fingerprint density at radius 1 is 1.53 bits per heavy atom. The fourth-order valence-corrected chi connectivity index (χ4v) is 1.33. The lowest BCUT2D eigenvalue weighted by atomic mass is 10.3. The van der Waals surface area contributed by atoms with Gasteiger partial charge in [0.1, 0.15) is 5.75 Å². The zero-order chi connectivity index (χ0) is 12.5. The molecule has 4 heteroatoms. The zero-order valence-electron chi connectivity index (χ0n) is 10.0. The van der Waals surface area contributed by atoms with Gasteiger partial charge >= 0.3 is 0 Å². The molecule has 0 aliphatic rings. The molecule has 0 unspecified atom stereocenters. The molecule has 4 nitrogen and oxygen atoms in total. The first-order valence-corrected chi connectivity index (χ1v) is 5.52. The van der Waals surface area contributed by atoms with Crippen LogP contribution in [0.1, 0.15) is 6.42 Å². The first-order chi connectivity index (χ1) is 8.26. The third kappa shape index (κ3) is 5.06. The van der Waals surface area contributed by atoms with Crippen LogP contribution in [-0.2, 0) is 4.79 Å². The number of nitrogens with one attached hydrogen (secondary N) is 2. The Bertz CT molecular complexity index is 377. The van der Waals surface area contributed by atoms with Gasteiger partial charge in [-0.05, 0) is 12.1 Å². The van der Waals surface area contributed by atoms with Gasteiger partial charge in [0.05, 0.1) is 7.11 Å². The van der Waals surface area contributed by atoms with Crippen molar-refractivity contribution in [3.05, 3.63) is 36.9 Å². The highest BCUT2D eigenvalue weighted by atomic mass is 16.5. The van der Waals surface area contributed by atoms with Gasteiger partial charge < -0.3 is 15.4 Å². The third-order valence-electron chi connectivity index (χ3n) is 2.19. The van der Waals surface area contributed by atoms with Crippen molar-refractivity contribution in [2.45, 2.75) is 6.42 Å². The number of carbonyl (C=O) groups excluding carboxylic acids is 1. The molecule has 1 rings (SSSR count). The van der Waals surface area contributed by atoms with Crippen molar-refractivity contribution in [2.24, 2.45) is 0 Å². The lowest BCUT2D eigenvalue weighted by molar-refractivity contribution is -0.120. The SMILES string of the molecule is C=CCNC(=O)CCNc1cccc(OC)c1. The Morgan fingerprint density at radius 3 is 3.06 bits per heavy atom. The molecule has 0 saturated heterocycles. The second-order valence-electron chi connectivity index (χ2n) is 3.50. The Balaban J connectivity index is 2.30. The van der Waals surface area contributed by atoms with Crippen LogP contribution in [0.15, 0.2) is 36.9 Å². The van der Waals surface area contributed by atoms with E-state index in [1.54, 1.807) is 13.2 Å². The molecule has 0 atom stereocenters. The van der Waals surface area contributed by atoms with E-state index < -0.39 is 0 Å². The van der Waals surface area contributed by atoms with Crippen LogP contribution in [0.3, 0.4) is 0 Å². The van der Waals surface area contributed by atoms with E-state index in [0.717, 1.165) is 11.4 Å². The summed E-state index contributed by atoms with van der Waals surface area (Å²) in [5.74, 6) is 0.811. The van der Waals surface area contributed by atoms with E-state index in [9.17, 15) is 4.79 Å². The predicted molar refractivity (Wildman–Crippen MR) is 69.3 cm³/mol. The van der Waals surface area contributed by atoms with Gasteiger partial charge in [-0.1, -0.05) is 12.1 Å². The predicted octanol–water partition coefficient (Wildman–Crippen LogP) is 1.80. The lowest BCUT2D eigenvalue weighted by Crippen LogP contribution is -2.25. The molecule has 0 fully saturated rings. The van der Waals surface area contributed by atoms with Gasteiger partial charge in [0.25, 0.3) is 0 Å². The number of benzene rings is 1. The Labute approximate surface area is 102 Å². The second-order valence-corrected chi connectivity index (χ2v) is 3.50. The fourth-order valence-electron chi connectivity index (χ4n) is 1.33. The maximum absolute atomic E-state index is 11.3. The number of methoxy groups -OCH3 is 1. The van der Waals surface area contributed by atoms with Gasteiger partial charge in [-0.2, -0.15) is 0 Å². The minimum Gasteiger partial charge on any atom is -0.497 e. The number of hydrogen-bond donors (Lipinski definition) is 2. The third-order valence-corrected chi connectivity index (χ3v) is 2.19. The van der Waals surface area contributed by atoms with E-state index in [1.165, 1.54) is 0 Å². The molecule has 0 heterocycles. The standard InChI is InChI=1S/C13H18N2O2/c1-3-8-15-13(16)7-9-14-11-5-4-6-12(10-11)17-2/h3-6,10,14H,1,7-9H2,2H3,(H,15,16). The molecule has 17 heavy (non-hydrogen) atoms. The highest BCUT2D eigenvalue weighted by Gasteiger charge is 1.99. The lowest BCUT2D eigenvalue weighted by Gasteiger charge is -2.07. The van der Waals surface area contributed by atoms with E-state index in [-0.39, 0.29) is 5.91 Å². The average Bonchev–Trinajstić information content (AvgIpc) is 2.36. The molecule has 0 aliphatic heterocycles. The van der Waals surface area contributed by atoms with Gasteiger partial charge in [-0.25, -0.2) is 0 Å². The maximum Gasteiger partial charge on any atom is 0.222 e. The minimum absolute atomic E-state index is 0.0142. The van der Waals surface area contributed by atoms with Crippen molar-refractivity contribution >= 4 is 11.6 Å². The highest BCUT2D eigenvalue weighted by Crippen LogP contribution is 2.16. The molecule has 1 amide bonds. The van der Waals surface area contributed by atoms with E-state index in [0.29, 0.717) is 19.5 Å². The molecule has 1 aromatic rings. The summed E-state index contributed by atoms with van der Waals surface area (Å²) in [6.07, 6.45) is 2.10. The molecule has 0 bridgehead atoms. The fraction of sp³-hybridized carbons (Fsp3) is 0.308. The summed E-state index contributed by atoms with van der Waals surface area (Å²) in [4.78, 5) is 11.3. The van der Waals surface area contributed by atoms with E-state index >= 15 is 0 Å². The molecule has 1 aromatic carbocycles. The highest BCUT2D eigenvalue weighted by molar-refractivity contribution is 5.76. The number of amides is 1. The van der Waals surface area contributed by atoms with Crippen molar-refractivity contribution in [1.29, 1.82) is 0 Å². The van der Waals surface area contributed by atoms with Crippen LogP contribution in [0.5, 0.6) is 5.75 Å². The normalized spacial score (nSPS) is 9.47. The van der Waals surface area contributed by atoms with Gasteiger partial charge in [0, 0.05) is 31.3 Å². The van der Waals surface area contributed by atoms with Crippen molar-refractivity contribution < 1.29 is 9.53 Å². The Morgan fingerprint density at radius 2 is 2.35 bits per heavy atom. The summed E-state index contributed by atoms with van der Waals surface area (Å²) >= 11 is 0. The summed E-state index contributed by atoms with van der Waals surface area (Å²) in [6.45, 7) is 4.64.